The van der Waals surface area contributed by atoms with Crippen LogP contribution in [0.1, 0.15) is 36.0 Å². The van der Waals surface area contributed by atoms with E-state index in [2.05, 4.69) is 5.32 Å². The fourth-order valence-electron chi connectivity index (χ4n) is 4.68. The highest BCUT2D eigenvalue weighted by Gasteiger charge is 2.26. The van der Waals surface area contributed by atoms with E-state index < -0.39 is 12.0 Å². The maximum atomic E-state index is 12.7. The Bertz CT molecular complexity index is 1190. The molecule has 0 spiro atoms. The second-order valence-corrected chi connectivity index (χ2v) is 9.77. The van der Waals surface area contributed by atoms with Gasteiger partial charge < -0.3 is 20.1 Å². The van der Waals surface area contributed by atoms with E-state index in [1.54, 1.807) is 0 Å². The van der Waals surface area contributed by atoms with E-state index in [4.69, 9.17) is 4.74 Å². The summed E-state index contributed by atoms with van der Waals surface area (Å²) in [6.45, 7) is 1.68. The van der Waals surface area contributed by atoms with E-state index in [0.29, 0.717) is 31.9 Å². The maximum absolute atomic E-state index is 12.7. The molecule has 1 heterocycles. The van der Waals surface area contributed by atoms with Gasteiger partial charge in [-0.2, -0.15) is 0 Å². The van der Waals surface area contributed by atoms with Crippen LogP contribution < -0.4 is 10.1 Å². The van der Waals surface area contributed by atoms with Crippen LogP contribution in [0.4, 0.5) is 0 Å². The molecular formula is C31H34N2O5. The molecule has 0 aliphatic carbocycles. The van der Waals surface area contributed by atoms with E-state index in [1.165, 1.54) is 0 Å². The molecule has 3 aromatic carbocycles. The molecule has 1 saturated heterocycles. The van der Waals surface area contributed by atoms with Crippen LogP contribution in [-0.4, -0.2) is 46.9 Å². The van der Waals surface area contributed by atoms with Crippen molar-refractivity contribution in [2.45, 2.75) is 44.8 Å². The SMILES string of the molecule is O=C(CC1CCN(C(=O)Cc2ccccc2)CC1)N[C@H](Cc1ccc(OCc2ccccc2)cc1)C(=O)O. The highest BCUT2D eigenvalue weighted by Crippen LogP contribution is 2.22. The number of benzene rings is 3. The fourth-order valence-corrected chi connectivity index (χ4v) is 4.68. The van der Waals surface area contributed by atoms with Crippen molar-refractivity contribution in [3.63, 3.8) is 0 Å². The zero-order chi connectivity index (χ0) is 26.7. The minimum absolute atomic E-state index is 0.0986. The number of nitrogens with zero attached hydrogens (tertiary/aromatic N) is 1. The quantitative estimate of drug-likeness (QED) is 0.399. The van der Waals surface area contributed by atoms with Crippen LogP contribution in [0.5, 0.6) is 5.75 Å². The van der Waals surface area contributed by atoms with E-state index >= 15 is 0 Å². The minimum Gasteiger partial charge on any atom is -0.489 e. The molecule has 1 atom stereocenters. The van der Waals surface area contributed by atoms with E-state index in [9.17, 15) is 19.5 Å². The van der Waals surface area contributed by atoms with Gasteiger partial charge in [-0.05, 0) is 47.6 Å². The molecular weight excluding hydrogens is 480 g/mol. The third kappa shape index (κ3) is 8.20. The summed E-state index contributed by atoms with van der Waals surface area (Å²) in [5.74, 6) is -0.409. The topological polar surface area (TPSA) is 95.9 Å². The van der Waals surface area contributed by atoms with Gasteiger partial charge in [-0.25, -0.2) is 4.79 Å². The van der Waals surface area contributed by atoms with Gasteiger partial charge in [0.2, 0.25) is 11.8 Å². The second kappa shape index (κ2) is 13.4. The number of carbonyl (C=O) groups is 3. The van der Waals surface area contributed by atoms with Crippen LogP contribution in [0.15, 0.2) is 84.9 Å². The lowest BCUT2D eigenvalue weighted by molar-refractivity contribution is -0.142. The summed E-state index contributed by atoms with van der Waals surface area (Å²) in [5, 5.41) is 12.4. The average molecular weight is 515 g/mol. The standard InChI is InChI=1S/C31H34N2O5/c34-29(20-25-15-17-33(18-16-25)30(35)21-23-7-3-1-4-8-23)32-28(31(36)37)19-24-11-13-27(14-12-24)38-22-26-9-5-2-6-10-26/h1-14,25,28H,15-22H2,(H,32,34)(H,36,37)/t28-/m1/s1. The summed E-state index contributed by atoms with van der Waals surface area (Å²) in [6.07, 6.45) is 2.29. The van der Waals surface area contributed by atoms with Crippen molar-refractivity contribution in [3.8, 4) is 5.75 Å². The Morgan fingerprint density at radius 1 is 0.842 bits per heavy atom. The molecule has 0 unspecified atom stereocenters. The van der Waals surface area contributed by atoms with Crippen molar-refractivity contribution in [2.24, 2.45) is 5.92 Å². The van der Waals surface area contributed by atoms with Gasteiger partial charge in [0.05, 0.1) is 6.42 Å². The molecule has 1 fully saturated rings. The molecule has 1 aliphatic heterocycles. The van der Waals surface area contributed by atoms with E-state index in [1.807, 2.05) is 89.8 Å². The van der Waals surface area contributed by atoms with Gasteiger partial charge in [0, 0.05) is 25.9 Å². The van der Waals surface area contributed by atoms with Crippen LogP contribution in [0.25, 0.3) is 0 Å². The molecule has 0 bridgehead atoms. The number of nitrogens with one attached hydrogen (secondary N) is 1. The third-order valence-corrected chi connectivity index (χ3v) is 6.88. The largest absolute Gasteiger partial charge is 0.489 e. The van der Waals surface area contributed by atoms with Gasteiger partial charge in [-0.3, -0.25) is 9.59 Å². The molecule has 3 aromatic rings. The van der Waals surface area contributed by atoms with Gasteiger partial charge >= 0.3 is 5.97 Å². The van der Waals surface area contributed by atoms with Crippen LogP contribution >= 0.6 is 0 Å². The van der Waals surface area contributed by atoms with E-state index in [-0.39, 0.29) is 30.6 Å². The predicted molar refractivity (Wildman–Crippen MR) is 145 cm³/mol. The van der Waals surface area contributed by atoms with Crippen molar-refractivity contribution in [2.75, 3.05) is 13.1 Å². The predicted octanol–water partition coefficient (Wildman–Crippen LogP) is 4.25. The van der Waals surface area contributed by atoms with Crippen LogP contribution in [-0.2, 0) is 33.8 Å². The number of rotatable bonds is 11. The molecule has 7 heteroatoms. The molecule has 4 rings (SSSR count). The highest BCUT2D eigenvalue weighted by atomic mass is 16.5. The molecule has 0 radical (unpaired) electrons. The van der Waals surface area contributed by atoms with Crippen LogP contribution in [0.2, 0.25) is 0 Å². The molecule has 38 heavy (non-hydrogen) atoms. The number of carbonyl (C=O) groups excluding carboxylic acids is 2. The lowest BCUT2D eigenvalue weighted by Gasteiger charge is -2.32. The smallest absolute Gasteiger partial charge is 0.326 e. The van der Waals surface area contributed by atoms with Gasteiger partial charge in [0.1, 0.15) is 18.4 Å². The number of hydrogen-bond donors (Lipinski definition) is 2. The molecule has 0 saturated carbocycles. The Balaban J connectivity index is 1.20. The Kier molecular flexibility index (Phi) is 9.51. The lowest BCUT2D eigenvalue weighted by atomic mass is 9.92. The average Bonchev–Trinajstić information content (AvgIpc) is 2.93. The zero-order valence-corrected chi connectivity index (χ0v) is 21.4. The van der Waals surface area contributed by atoms with Crippen molar-refractivity contribution >= 4 is 17.8 Å². The molecule has 7 nitrogen and oxygen atoms in total. The second-order valence-electron chi connectivity index (χ2n) is 9.77. The van der Waals surface area contributed by atoms with Gasteiger partial charge in [0.25, 0.3) is 0 Å². The normalized spacial score (nSPS) is 14.5. The first-order valence-electron chi connectivity index (χ1n) is 13.1. The highest BCUT2D eigenvalue weighted by molar-refractivity contribution is 5.84. The molecule has 2 amide bonds. The van der Waals surface area contributed by atoms with E-state index in [0.717, 1.165) is 29.5 Å². The summed E-state index contributed by atoms with van der Waals surface area (Å²) in [5.41, 5.74) is 2.86. The first kappa shape index (κ1) is 26.9. The summed E-state index contributed by atoms with van der Waals surface area (Å²) in [6, 6.07) is 25.8. The summed E-state index contributed by atoms with van der Waals surface area (Å²) < 4.78 is 5.79. The first-order valence-corrected chi connectivity index (χ1v) is 13.1. The monoisotopic (exact) mass is 514 g/mol. The van der Waals surface area contributed by atoms with Gasteiger partial charge in [-0.1, -0.05) is 72.8 Å². The number of amides is 2. The lowest BCUT2D eigenvalue weighted by Crippen LogP contribution is -2.44. The fraction of sp³-hybridized carbons (Fsp3) is 0.323. The minimum atomic E-state index is -1.07. The number of carboxylic acid groups (broad SMARTS) is 1. The van der Waals surface area contributed by atoms with Gasteiger partial charge in [0.15, 0.2) is 0 Å². The summed E-state index contributed by atoms with van der Waals surface area (Å²) in [4.78, 5) is 39.0. The van der Waals surface area contributed by atoms with Crippen LogP contribution in [0, 0.1) is 5.92 Å². The van der Waals surface area contributed by atoms with Crippen molar-refractivity contribution in [1.82, 2.24) is 10.2 Å². The number of hydrogen-bond acceptors (Lipinski definition) is 4. The number of carboxylic acids is 1. The Morgan fingerprint density at radius 3 is 2.05 bits per heavy atom. The molecule has 2 N–H and O–H groups in total. The maximum Gasteiger partial charge on any atom is 0.326 e. The molecule has 198 valence electrons. The van der Waals surface area contributed by atoms with Crippen molar-refractivity contribution in [3.05, 3.63) is 102 Å². The Labute approximate surface area is 223 Å². The Hall–Kier alpha value is -4.13. The third-order valence-electron chi connectivity index (χ3n) is 6.88. The number of aliphatic carboxylic acids is 1. The van der Waals surface area contributed by atoms with Gasteiger partial charge in [-0.15, -0.1) is 0 Å². The molecule has 1 aliphatic rings. The summed E-state index contributed by atoms with van der Waals surface area (Å²) in [7, 11) is 0. The summed E-state index contributed by atoms with van der Waals surface area (Å²) >= 11 is 0. The first-order chi connectivity index (χ1) is 18.5. The van der Waals surface area contributed by atoms with Crippen LogP contribution in [0.3, 0.4) is 0 Å². The molecule has 0 aromatic heterocycles. The van der Waals surface area contributed by atoms with Crippen molar-refractivity contribution < 1.29 is 24.2 Å². The number of likely N-dealkylation sites (tertiary alicyclic amines) is 1. The zero-order valence-electron chi connectivity index (χ0n) is 21.4. The van der Waals surface area contributed by atoms with Crippen molar-refractivity contribution in [1.29, 1.82) is 0 Å². The number of ether oxygens (including phenoxy) is 1. The Morgan fingerprint density at radius 2 is 1.45 bits per heavy atom. The number of piperidine rings is 1.